The Balaban J connectivity index is 2.66. The van der Waals surface area contributed by atoms with Crippen molar-refractivity contribution in [2.45, 2.75) is 6.42 Å². The highest BCUT2D eigenvalue weighted by atomic mass is 35.5. The van der Waals surface area contributed by atoms with Gasteiger partial charge in [0.15, 0.2) is 0 Å². The highest BCUT2D eigenvalue weighted by Gasteiger charge is 2.12. The summed E-state index contributed by atoms with van der Waals surface area (Å²) in [5.74, 6) is 0.236. The molecule has 0 fully saturated rings. The van der Waals surface area contributed by atoms with Crippen LogP contribution in [-0.4, -0.2) is 9.97 Å². The van der Waals surface area contributed by atoms with E-state index in [1.807, 2.05) is 12.2 Å². The van der Waals surface area contributed by atoms with E-state index in [0.29, 0.717) is 5.15 Å². The van der Waals surface area contributed by atoms with Crippen molar-refractivity contribution in [3.8, 4) is 0 Å². The first-order valence-electron chi connectivity index (χ1n) is 3.26. The molecule has 0 unspecified atom stereocenters. The fraction of sp³-hybridized carbons (Fsp3) is 0.143. The summed E-state index contributed by atoms with van der Waals surface area (Å²) in [7, 11) is 0. The predicted octanol–water partition coefficient (Wildman–Crippen LogP) is 1.28. The van der Waals surface area contributed by atoms with Crippen molar-refractivity contribution in [2.75, 3.05) is 5.73 Å². The van der Waals surface area contributed by atoms with Crippen LogP contribution in [0.1, 0.15) is 11.3 Å². The van der Waals surface area contributed by atoms with Crippen LogP contribution in [0.4, 0.5) is 5.95 Å². The van der Waals surface area contributed by atoms with Gasteiger partial charge < -0.3 is 5.73 Å². The molecule has 1 aromatic heterocycles. The van der Waals surface area contributed by atoms with Crippen LogP contribution in [0.25, 0.3) is 6.08 Å². The van der Waals surface area contributed by atoms with Crippen LogP contribution in [0, 0.1) is 0 Å². The smallest absolute Gasteiger partial charge is 0.221 e. The zero-order valence-electron chi connectivity index (χ0n) is 5.71. The van der Waals surface area contributed by atoms with Crippen LogP contribution in [0.5, 0.6) is 0 Å². The number of nitrogens with zero attached hydrogens (tertiary/aromatic N) is 2. The van der Waals surface area contributed by atoms with Crippen LogP contribution < -0.4 is 5.73 Å². The van der Waals surface area contributed by atoms with Crippen LogP contribution in [0.3, 0.4) is 0 Å². The molecule has 0 saturated carbocycles. The first kappa shape index (κ1) is 6.61. The summed E-state index contributed by atoms with van der Waals surface area (Å²) in [6.07, 6.45) is 4.71. The van der Waals surface area contributed by atoms with Crippen molar-refractivity contribution in [3.63, 3.8) is 0 Å². The van der Waals surface area contributed by atoms with E-state index in [4.69, 9.17) is 17.3 Å². The molecule has 1 aromatic rings. The van der Waals surface area contributed by atoms with Gasteiger partial charge in [-0.2, -0.15) is 0 Å². The summed E-state index contributed by atoms with van der Waals surface area (Å²) in [4.78, 5) is 7.85. The first-order valence-corrected chi connectivity index (χ1v) is 3.63. The third kappa shape index (κ3) is 0.973. The number of rotatable bonds is 0. The third-order valence-corrected chi connectivity index (χ3v) is 1.92. The van der Waals surface area contributed by atoms with Crippen LogP contribution >= 0.6 is 11.6 Å². The molecule has 0 atom stereocenters. The second-order valence-electron chi connectivity index (χ2n) is 2.34. The number of anilines is 1. The van der Waals surface area contributed by atoms with Gasteiger partial charge in [0.25, 0.3) is 0 Å². The highest BCUT2D eigenvalue weighted by molar-refractivity contribution is 6.30. The number of halogens is 1. The fourth-order valence-corrected chi connectivity index (χ4v) is 1.37. The molecule has 56 valence electrons. The van der Waals surface area contributed by atoms with Crippen molar-refractivity contribution in [2.24, 2.45) is 0 Å². The molecule has 0 aliphatic heterocycles. The van der Waals surface area contributed by atoms with Crippen molar-refractivity contribution in [3.05, 3.63) is 22.5 Å². The van der Waals surface area contributed by atoms with E-state index >= 15 is 0 Å². The number of aromatic nitrogens is 2. The number of hydrogen-bond donors (Lipinski definition) is 1. The van der Waals surface area contributed by atoms with Gasteiger partial charge in [-0.05, 0) is 12.5 Å². The molecule has 3 nitrogen and oxygen atoms in total. The second kappa shape index (κ2) is 2.20. The Morgan fingerprint density at radius 1 is 1.45 bits per heavy atom. The summed E-state index contributed by atoms with van der Waals surface area (Å²) in [5.41, 5.74) is 7.21. The zero-order chi connectivity index (χ0) is 7.84. The molecule has 0 aromatic carbocycles. The van der Waals surface area contributed by atoms with Gasteiger partial charge in [-0.3, -0.25) is 0 Å². The maximum atomic E-state index is 5.80. The van der Waals surface area contributed by atoms with Crippen LogP contribution in [-0.2, 0) is 6.42 Å². The standard InChI is InChI=1S/C7H6ClN3/c8-6-4-2-1-3-5(4)10-7(9)11-6/h1,3H,2H2,(H2,9,10,11). The summed E-state index contributed by atoms with van der Waals surface area (Å²) >= 11 is 5.80. The lowest BCUT2D eigenvalue weighted by Gasteiger charge is -2.00. The average Bonchev–Trinajstić information content (AvgIpc) is 2.34. The van der Waals surface area contributed by atoms with Crippen molar-refractivity contribution >= 4 is 23.6 Å². The molecule has 0 spiro atoms. The Hall–Kier alpha value is -1.09. The Morgan fingerprint density at radius 2 is 2.27 bits per heavy atom. The molecule has 0 saturated heterocycles. The molecule has 1 aliphatic carbocycles. The molecular weight excluding hydrogens is 162 g/mol. The van der Waals surface area contributed by atoms with Gasteiger partial charge in [-0.15, -0.1) is 0 Å². The Morgan fingerprint density at radius 3 is 3.09 bits per heavy atom. The molecule has 2 rings (SSSR count). The van der Waals surface area contributed by atoms with E-state index in [1.54, 1.807) is 0 Å². The summed E-state index contributed by atoms with van der Waals surface area (Å²) in [6, 6.07) is 0. The Labute approximate surface area is 68.9 Å². The summed E-state index contributed by atoms with van der Waals surface area (Å²) in [6.45, 7) is 0. The second-order valence-corrected chi connectivity index (χ2v) is 2.70. The fourth-order valence-electron chi connectivity index (χ4n) is 1.10. The van der Waals surface area contributed by atoms with Gasteiger partial charge in [-0.25, -0.2) is 9.97 Å². The van der Waals surface area contributed by atoms with E-state index in [2.05, 4.69) is 9.97 Å². The van der Waals surface area contributed by atoms with Gasteiger partial charge in [0.2, 0.25) is 5.95 Å². The van der Waals surface area contributed by atoms with Gasteiger partial charge in [0, 0.05) is 5.56 Å². The molecule has 2 N–H and O–H groups in total. The maximum Gasteiger partial charge on any atom is 0.221 e. The van der Waals surface area contributed by atoms with Gasteiger partial charge in [0.05, 0.1) is 5.69 Å². The minimum absolute atomic E-state index is 0.236. The molecule has 0 bridgehead atoms. The number of nitrogens with two attached hydrogens (primary N) is 1. The molecule has 1 aliphatic rings. The lowest BCUT2D eigenvalue weighted by atomic mass is 10.2. The Bertz CT molecular complexity index is 333. The minimum Gasteiger partial charge on any atom is -0.368 e. The molecule has 4 heteroatoms. The monoisotopic (exact) mass is 167 g/mol. The molecule has 0 amide bonds. The highest BCUT2D eigenvalue weighted by Crippen LogP contribution is 2.24. The van der Waals surface area contributed by atoms with E-state index in [-0.39, 0.29) is 5.95 Å². The van der Waals surface area contributed by atoms with Crippen molar-refractivity contribution in [1.82, 2.24) is 9.97 Å². The average molecular weight is 168 g/mol. The Kier molecular flexibility index (Phi) is 1.32. The zero-order valence-corrected chi connectivity index (χ0v) is 6.47. The van der Waals surface area contributed by atoms with Gasteiger partial charge in [0.1, 0.15) is 5.15 Å². The van der Waals surface area contributed by atoms with Crippen molar-refractivity contribution < 1.29 is 0 Å². The van der Waals surface area contributed by atoms with Gasteiger partial charge >= 0.3 is 0 Å². The summed E-state index contributed by atoms with van der Waals surface area (Å²) in [5, 5.41) is 0.470. The van der Waals surface area contributed by atoms with E-state index < -0.39 is 0 Å². The SMILES string of the molecule is Nc1nc(Cl)c2c(n1)C=CC2. The van der Waals surface area contributed by atoms with E-state index in [0.717, 1.165) is 17.7 Å². The summed E-state index contributed by atoms with van der Waals surface area (Å²) < 4.78 is 0. The van der Waals surface area contributed by atoms with E-state index in [9.17, 15) is 0 Å². The maximum absolute atomic E-state index is 5.80. The van der Waals surface area contributed by atoms with E-state index in [1.165, 1.54) is 0 Å². The normalized spacial score (nSPS) is 13.5. The lowest BCUT2D eigenvalue weighted by Crippen LogP contribution is -1.99. The quantitative estimate of drug-likeness (QED) is 0.593. The van der Waals surface area contributed by atoms with Gasteiger partial charge in [-0.1, -0.05) is 17.7 Å². The molecule has 0 radical (unpaired) electrons. The van der Waals surface area contributed by atoms with Crippen LogP contribution in [0.15, 0.2) is 6.08 Å². The number of nitrogen functional groups attached to an aromatic ring is 1. The number of hydrogen-bond acceptors (Lipinski definition) is 3. The first-order chi connectivity index (χ1) is 5.27. The largest absolute Gasteiger partial charge is 0.368 e. The molecule has 1 heterocycles. The van der Waals surface area contributed by atoms with Crippen LogP contribution in [0.2, 0.25) is 5.15 Å². The number of allylic oxidation sites excluding steroid dienone is 1. The molecule has 11 heavy (non-hydrogen) atoms. The third-order valence-electron chi connectivity index (χ3n) is 1.60. The predicted molar refractivity (Wildman–Crippen MR) is 44.2 cm³/mol. The molecular formula is C7H6ClN3. The lowest BCUT2D eigenvalue weighted by molar-refractivity contribution is 1.11. The van der Waals surface area contributed by atoms with Crippen molar-refractivity contribution in [1.29, 1.82) is 0 Å². The number of fused-ring (bicyclic) bond motifs is 1. The minimum atomic E-state index is 0.236. The topological polar surface area (TPSA) is 51.8 Å².